The SMILES string of the molecule is O=CCNCCNC1CC=C(NCC=NCCO)C2C(=O)c3c(O)ccc(O)c3C(=O)C12. The molecule has 0 saturated carbocycles. The summed E-state index contributed by atoms with van der Waals surface area (Å²) in [6.45, 7) is 1.73. The first-order chi connectivity index (χ1) is 15.5. The van der Waals surface area contributed by atoms with Gasteiger partial charge in [-0.05, 0) is 18.6 Å². The summed E-state index contributed by atoms with van der Waals surface area (Å²) in [5.74, 6) is -3.13. The lowest BCUT2D eigenvalue weighted by atomic mass is 9.66. The minimum absolute atomic E-state index is 0.0640. The van der Waals surface area contributed by atoms with Crippen molar-refractivity contribution in [3.8, 4) is 11.5 Å². The van der Waals surface area contributed by atoms with Crippen molar-refractivity contribution in [2.24, 2.45) is 16.8 Å². The third-order valence-corrected chi connectivity index (χ3v) is 5.65. The lowest BCUT2D eigenvalue weighted by Gasteiger charge is -2.40. The van der Waals surface area contributed by atoms with Crippen molar-refractivity contribution in [1.29, 1.82) is 0 Å². The highest BCUT2D eigenvalue weighted by Gasteiger charge is 2.50. The van der Waals surface area contributed by atoms with Crippen LogP contribution in [0.5, 0.6) is 11.5 Å². The molecule has 0 heterocycles. The molecule has 0 bridgehead atoms. The van der Waals surface area contributed by atoms with Crippen molar-refractivity contribution < 1.29 is 29.7 Å². The zero-order chi connectivity index (χ0) is 23.1. The smallest absolute Gasteiger partial charge is 0.177 e. The summed E-state index contributed by atoms with van der Waals surface area (Å²) in [7, 11) is 0. The predicted molar refractivity (Wildman–Crippen MR) is 117 cm³/mol. The number of benzene rings is 1. The Bertz CT molecular complexity index is 929. The number of nitrogens with zero attached hydrogens (tertiary/aromatic N) is 1. The van der Waals surface area contributed by atoms with Crippen LogP contribution in [-0.2, 0) is 4.79 Å². The number of Topliss-reactive ketones (excluding diaryl/α,β-unsaturated/α-hetero) is 2. The third-order valence-electron chi connectivity index (χ3n) is 5.65. The van der Waals surface area contributed by atoms with Gasteiger partial charge in [0.2, 0.25) is 0 Å². The number of fused-ring (bicyclic) bond motifs is 2. The molecule has 0 spiro atoms. The monoisotopic (exact) mass is 444 g/mol. The van der Waals surface area contributed by atoms with E-state index in [9.17, 15) is 24.6 Å². The largest absolute Gasteiger partial charge is 0.507 e. The van der Waals surface area contributed by atoms with Gasteiger partial charge < -0.3 is 36.1 Å². The highest BCUT2D eigenvalue weighted by Crippen LogP contribution is 2.44. The van der Waals surface area contributed by atoms with Crippen LogP contribution in [0.25, 0.3) is 0 Å². The number of aldehydes is 1. The standard InChI is InChI=1S/C22H28N4O6/c27-11-9-23-5-7-25-13-1-2-14(26-8-6-24-10-12-28)18-17(13)21(31)19-15(29)3-4-16(30)20(19)22(18)32/h1,3-5,12,14,17-18,24-27,29-30H,2,6-11H2. The predicted octanol–water partition coefficient (Wildman–Crippen LogP) is -0.604. The number of carbonyl (C=O) groups is 3. The molecule has 2 aliphatic rings. The Labute approximate surface area is 185 Å². The quantitative estimate of drug-likeness (QED) is 0.113. The fourth-order valence-electron chi connectivity index (χ4n) is 4.27. The second-order valence-electron chi connectivity index (χ2n) is 7.61. The number of carbonyl (C=O) groups excluding carboxylic acids is 3. The summed E-state index contributed by atoms with van der Waals surface area (Å²) in [6, 6.07) is 2.05. The number of phenols is 2. The number of hydrogen-bond donors (Lipinski definition) is 6. The fraction of sp³-hybridized carbons (Fsp3) is 0.455. The van der Waals surface area contributed by atoms with Crippen molar-refractivity contribution in [3.05, 3.63) is 35.0 Å². The van der Waals surface area contributed by atoms with Crippen LogP contribution in [0.2, 0.25) is 0 Å². The van der Waals surface area contributed by atoms with E-state index in [0.717, 1.165) is 6.29 Å². The molecule has 32 heavy (non-hydrogen) atoms. The highest BCUT2D eigenvalue weighted by molar-refractivity contribution is 6.19. The number of phenolic OH excluding ortho intramolecular Hbond substituents is 2. The van der Waals surface area contributed by atoms with E-state index in [1.54, 1.807) is 6.21 Å². The minimum atomic E-state index is -0.844. The van der Waals surface area contributed by atoms with Gasteiger partial charge in [0.05, 0.1) is 42.7 Å². The van der Waals surface area contributed by atoms with Crippen LogP contribution in [0.1, 0.15) is 27.1 Å². The molecule has 0 saturated heterocycles. The minimum Gasteiger partial charge on any atom is -0.507 e. The molecule has 3 rings (SSSR count). The van der Waals surface area contributed by atoms with E-state index < -0.39 is 23.4 Å². The molecule has 6 N–H and O–H groups in total. The lowest BCUT2D eigenvalue weighted by molar-refractivity contribution is -0.107. The van der Waals surface area contributed by atoms with Crippen LogP contribution in [0.4, 0.5) is 0 Å². The fourth-order valence-corrected chi connectivity index (χ4v) is 4.27. The summed E-state index contributed by atoms with van der Waals surface area (Å²) >= 11 is 0. The Morgan fingerprint density at radius 3 is 2.47 bits per heavy atom. The van der Waals surface area contributed by atoms with Crippen LogP contribution in [0.15, 0.2) is 28.9 Å². The number of aliphatic hydroxyl groups excluding tert-OH is 1. The number of hydrogen-bond acceptors (Lipinski definition) is 10. The zero-order valence-electron chi connectivity index (χ0n) is 17.6. The number of allylic oxidation sites excluding steroid dienone is 1. The van der Waals surface area contributed by atoms with Gasteiger partial charge in [0, 0.05) is 37.6 Å². The van der Waals surface area contributed by atoms with Crippen LogP contribution >= 0.6 is 0 Å². The average molecular weight is 444 g/mol. The van der Waals surface area contributed by atoms with Crippen LogP contribution in [0, 0.1) is 11.8 Å². The molecule has 0 radical (unpaired) electrons. The maximum absolute atomic E-state index is 13.4. The van der Waals surface area contributed by atoms with Gasteiger partial charge in [0.15, 0.2) is 11.6 Å². The van der Waals surface area contributed by atoms with E-state index in [1.807, 2.05) is 6.08 Å². The Hall–Kier alpha value is -3.08. The number of aliphatic hydroxyl groups is 1. The van der Waals surface area contributed by atoms with Crippen LogP contribution in [0.3, 0.4) is 0 Å². The topological polar surface area (TPSA) is 160 Å². The van der Waals surface area contributed by atoms with Crippen LogP contribution in [-0.4, -0.2) is 84.8 Å². The summed E-state index contributed by atoms with van der Waals surface area (Å²) in [4.78, 5) is 41.3. The molecule has 2 aliphatic carbocycles. The van der Waals surface area contributed by atoms with Crippen molar-refractivity contribution in [3.63, 3.8) is 0 Å². The summed E-state index contributed by atoms with van der Waals surface area (Å²) in [5, 5.41) is 38.8. The Morgan fingerprint density at radius 2 is 1.78 bits per heavy atom. The number of aromatic hydroxyl groups is 2. The Balaban J connectivity index is 1.89. The molecule has 10 nitrogen and oxygen atoms in total. The number of aliphatic imine (C=N–C) groups is 1. The normalized spacial score (nSPS) is 22.4. The second-order valence-corrected chi connectivity index (χ2v) is 7.61. The van der Waals surface area contributed by atoms with Gasteiger partial charge >= 0.3 is 0 Å². The number of nitrogens with one attached hydrogen (secondary N) is 3. The molecule has 0 fully saturated rings. The maximum atomic E-state index is 13.4. The highest BCUT2D eigenvalue weighted by atomic mass is 16.3. The summed E-state index contributed by atoms with van der Waals surface area (Å²) in [6.07, 6.45) is 4.67. The van der Waals surface area contributed by atoms with E-state index in [2.05, 4.69) is 20.9 Å². The van der Waals surface area contributed by atoms with Gasteiger partial charge in [-0.3, -0.25) is 14.6 Å². The zero-order valence-corrected chi connectivity index (χ0v) is 17.6. The molecular formula is C22H28N4O6. The molecule has 0 aliphatic heterocycles. The lowest BCUT2D eigenvalue weighted by Crippen LogP contribution is -2.53. The van der Waals surface area contributed by atoms with Crippen molar-refractivity contribution in [2.45, 2.75) is 12.5 Å². The van der Waals surface area contributed by atoms with Gasteiger partial charge in [-0.25, -0.2) is 0 Å². The summed E-state index contributed by atoms with van der Waals surface area (Å²) in [5.41, 5.74) is 0.258. The molecule has 3 unspecified atom stereocenters. The van der Waals surface area contributed by atoms with Gasteiger partial charge in [0.1, 0.15) is 17.8 Å². The first-order valence-electron chi connectivity index (χ1n) is 10.5. The van der Waals surface area contributed by atoms with Gasteiger partial charge in [-0.2, -0.15) is 0 Å². The van der Waals surface area contributed by atoms with E-state index in [0.29, 0.717) is 31.8 Å². The Morgan fingerprint density at radius 1 is 1.06 bits per heavy atom. The second kappa shape index (κ2) is 11.0. The van der Waals surface area contributed by atoms with Gasteiger partial charge in [-0.1, -0.05) is 6.08 Å². The van der Waals surface area contributed by atoms with Crippen molar-refractivity contribution >= 4 is 24.1 Å². The molecule has 0 aromatic heterocycles. The van der Waals surface area contributed by atoms with Crippen LogP contribution < -0.4 is 16.0 Å². The first-order valence-corrected chi connectivity index (χ1v) is 10.5. The van der Waals surface area contributed by atoms with Gasteiger partial charge in [-0.15, -0.1) is 0 Å². The number of rotatable bonds is 11. The molecule has 1 aromatic carbocycles. The summed E-state index contributed by atoms with van der Waals surface area (Å²) < 4.78 is 0. The van der Waals surface area contributed by atoms with Crippen molar-refractivity contribution in [1.82, 2.24) is 16.0 Å². The molecule has 1 aromatic rings. The van der Waals surface area contributed by atoms with Crippen molar-refractivity contribution in [2.75, 3.05) is 39.3 Å². The average Bonchev–Trinajstić information content (AvgIpc) is 2.78. The molecule has 3 atom stereocenters. The third kappa shape index (κ3) is 4.87. The van der Waals surface area contributed by atoms with E-state index in [-0.39, 0.29) is 48.4 Å². The maximum Gasteiger partial charge on any atom is 0.177 e. The first kappa shape index (κ1) is 23.6. The van der Waals surface area contributed by atoms with E-state index >= 15 is 0 Å². The molecular weight excluding hydrogens is 416 g/mol. The Kier molecular flexibility index (Phi) is 8.09. The van der Waals surface area contributed by atoms with E-state index in [4.69, 9.17) is 5.11 Å². The number of ketones is 2. The van der Waals surface area contributed by atoms with Gasteiger partial charge in [0.25, 0.3) is 0 Å². The molecule has 0 amide bonds. The molecule has 10 heteroatoms. The van der Waals surface area contributed by atoms with E-state index in [1.165, 1.54) is 12.1 Å². The molecule has 172 valence electrons.